The lowest BCUT2D eigenvalue weighted by Gasteiger charge is -2.04. The quantitative estimate of drug-likeness (QED) is 0.705. The molecule has 0 aromatic carbocycles. The highest BCUT2D eigenvalue weighted by molar-refractivity contribution is 7.99. The van der Waals surface area contributed by atoms with Gasteiger partial charge >= 0.3 is 0 Å². The van der Waals surface area contributed by atoms with Crippen molar-refractivity contribution in [1.29, 1.82) is 0 Å². The van der Waals surface area contributed by atoms with Crippen LogP contribution in [0.25, 0.3) is 0 Å². The van der Waals surface area contributed by atoms with E-state index >= 15 is 0 Å². The maximum atomic E-state index is 11.6. The van der Waals surface area contributed by atoms with E-state index in [9.17, 15) is 4.79 Å². The van der Waals surface area contributed by atoms with Gasteiger partial charge in [0.25, 0.3) is 0 Å². The van der Waals surface area contributed by atoms with E-state index < -0.39 is 0 Å². The second-order valence-corrected chi connectivity index (χ2v) is 4.60. The van der Waals surface area contributed by atoms with Gasteiger partial charge in [0.1, 0.15) is 5.03 Å². The molecule has 1 N–H and O–H groups in total. The minimum absolute atomic E-state index is 0.0619. The molecule has 1 amide bonds. The first-order chi connectivity index (χ1) is 6.59. The second-order valence-electron chi connectivity index (χ2n) is 3.59. The van der Waals surface area contributed by atoms with Crippen molar-refractivity contribution in [2.45, 2.75) is 18.9 Å². The third kappa shape index (κ3) is 1.41. The van der Waals surface area contributed by atoms with Crippen LogP contribution in [0.3, 0.4) is 0 Å². The molecule has 0 fully saturated rings. The van der Waals surface area contributed by atoms with Gasteiger partial charge in [0.15, 0.2) is 0 Å². The number of carbonyl (C=O) groups is 1. The van der Waals surface area contributed by atoms with Gasteiger partial charge < -0.3 is 5.32 Å². The van der Waals surface area contributed by atoms with E-state index in [2.05, 4.69) is 10.4 Å². The molecule has 1 aromatic rings. The molecule has 1 aliphatic heterocycles. The van der Waals surface area contributed by atoms with Gasteiger partial charge in [0.2, 0.25) is 5.91 Å². The molecule has 0 aliphatic carbocycles. The number of carbonyl (C=O) groups excluding carboxylic acids is 1. The van der Waals surface area contributed by atoms with Gasteiger partial charge in [-0.25, -0.2) is 0 Å². The van der Waals surface area contributed by atoms with E-state index in [0.29, 0.717) is 0 Å². The van der Waals surface area contributed by atoms with E-state index in [1.54, 1.807) is 11.8 Å². The molecule has 1 aromatic heterocycles. The molecule has 0 spiro atoms. The van der Waals surface area contributed by atoms with Gasteiger partial charge in [-0.3, -0.25) is 9.48 Å². The molecule has 1 atom stereocenters. The average molecular weight is 211 g/mol. The summed E-state index contributed by atoms with van der Waals surface area (Å²) in [6.07, 6.45) is 0. The van der Waals surface area contributed by atoms with Gasteiger partial charge in [-0.1, -0.05) is 6.92 Å². The molecule has 4 nitrogen and oxygen atoms in total. The summed E-state index contributed by atoms with van der Waals surface area (Å²) < 4.78 is 1.83. The topological polar surface area (TPSA) is 46.9 Å². The highest BCUT2D eigenvalue weighted by Gasteiger charge is 2.24. The summed E-state index contributed by atoms with van der Waals surface area (Å²) >= 11 is 1.69. The lowest BCUT2D eigenvalue weighted by molar-refractivity contribution is -0.118. The van der Waals surface area contributed by atoms with Crippen LogP contribution in [0.5, 0.6) is 0 Å². The minimum Gasteiger partial charge on any atom is -0.322 e. The first-order valence-corrected chi connectivity index (χ1v) is 5.55. The zero-order valence-corrected chi connectivity index (χ0v) is 9.31. The summed E-state index contributed by atoms with van der Waals surface area (Å²) in [5, 5.41) is 8.25. The molecule has 1 unspecified atom stereocenters. The van der Waals surface area contributed by atoms with Crippen LogP contribution in [0, 0.1) is 12.8 Å². The van der Waals surface area contributed by atoms with E-state index in [4.69, 9.17) is 0 Å². The van der Waals surface area contributed by atoms with Gasteiger partial charge in [-0.2, -0.15) is 5.10 Å². The number of fused-ring (bicyclic) bond motifs is 1. The number of nitrogens with zero attached hydrogens (tertiary/aromatic N) is 2. The van der Waals surface area contributed by atoms with E-state index in [0.717, 1.165) is 22.2 Å². The van der Waals surface area contributed by atoms with Crippen molar-refractivity contribution in [3.63, 3.8) is 0 Å². The summed E-state index contributed by atoms with van der Waals surface area (Å²) in [6, 6.07) is 0. The van der Waals surface area contributed by atoms with Crippen LogP contribution < -0.4 is 5.32 Å². The Morgan fingerprint density at radius 3 is 3.07 bits per heavy atom. The van der Waals surface area contributed by atoms with Gasteiger partial charge in [-0.05, 0) is 6.92 Å². The number of hydrogen-bond donors (Lipinski definition) is 1. The van der Waals surface area contributed by atoms with Gasteiger partial charge in [-0.15, -0.1) is 11.8 Å². The number of aryl methyl sites for hydroxylation is 2. The molecule has 14 heavy (non-hydrogen) atoms. The van der Waals surface area contributed by atoms with Gasteiger partial charge in [0, 0.05) is 18.7 Å². The van der Waals surface area contributed by atoms with Crippen LogP contribution in [0.2, 0.25) is 0 Å². The molecule has 2 heterocycles. The average Bonchev–Trinajstić information content (AvgIpc) is 2.31. The maximum absolute atomic E-state index is 11.6. The Labute approximate surface area is 87.1 Å². The Hall–Kier alpha value is -0.970. The lowest BCUT2D eigenvalue weighted by Crippen LogP contribution is -2.20. The fourth-order valence-corrected chi connectivity index (χ4v) is 2.60. The van der Waals surface area contributed by atoms with E-state index in [1.807, 2.05) is 25.6 Å². The van der Waals surface area contributed by atoms with Crippen LogP contribution in [-0.2, 0) is 11.8 Å². The van der Waals surface area contributed by atoms with Crippen LogP contribution in [0.1, 0.15) is 12.6 Å². The van der Waals surface area contributed by atoms with Crippen LogP contribution in [-0.4, -0.2) is 21.4 Å². The Kier molecular flexibility index (Phi) is 2.26. The molecule has 0 saturated carbocycles. The van der Waals surface area contributed by atoms with Gasteiger partial charge in [0.05, 0.1) is 11.4 Å². The van der Waals surface area contributed by atoms with Crippen molar-refractivity contribution in [2.75, 3.05) is 11.1 Å². The van der Waals surface area contributed by atoms with E-state index in [1.165, 1.54) is 0 Å². The smallest absolute Gasteiger partial charge is 0.228 e. The maximum Gasteiger partial charge on any atom is 0.228 e. The molecule has 2 rings (SSSR count). The zero-order chi connectivity index (χ0) is 10.3. The third-order valence-electron chi connectivity index (χ3n) is 2.34. The second kappa shape index (κ2) is 3.31. The number of hydrogen-bond acceptors (Lipinski definition) is 3. The van der Waals surface area contributed by atoms with Crippen molar-refractivity contribution < 1.29 is 4.79 Å². The number of anilines is 1. The summed E-state index contributed by atoms with van der Waals surface area (Å²) in [4.78, 5) is 11.6. The van der Waals surface area contributed by atoms with E-state index in [-0.39, 0.29) is 11.8 Å². The fraction of sp³-hybridized carbons (Fsp3) is 0.556. The number of rotatable bonds is 0. The number of thioether (sulfide) groups is 1. The lowest BCUT2D eigenvalue weighted by atomic mass is 10.2. The van der Waals surface area contributed by atoms with Crippen molar-refractivity contribution in [3.05, 3.63) is 5.69 Å². The highest BCUT2D eigenvalue weighted by atomic mass is 32.2. The summed E-state index contributed by atoms with van der Waals surface area (Å²) in [7, 11) is 1.90. The first kappa shape index (κ1) is 9.58. The van der Waals surface area contributed by atoms with Crippen LogP contribution >= 0.6 is 11.8 Å². The summed E-state index contributed by atoms with van der Waals surface area (Å²) in [6.45, 7) is 3.85. The number of nitrogens with one attached hydrogen (secondary N) is 1. The standard InChI is InChI=1S/C9H13N3OS/c1-5-4-14-9-7(10-8(5)13)6(2)11-12(9)3/h5H,4H2,1-3H3,(H,10,13). The van der Waals surface area contributed by atoms with Crippen molar-refractivity contribution in [2.24, 2.45) is 13.0 Å². The van der Waals surface area contributed by atoms with Crippen molar-refractivity contribution in [3.8, 4) is 0 Å². The summed E-state index contributed by atoms with van der Waals surface area (Å²) in [5.41, 5.74) is 1.77. The Morgan fingerprint density at radius 1 is 1.64 bits per heavy atom. The van der Waals surface area contributed by atoms with Crippen molar-refractivity contribution >= 4 is 23.4 Å². The van der Waals surface area contributed by atoms with Crippen molar-refractivity contribution in [1.82, 2.24) is 9.78 Å². The molecule has 5 heteroatoms. The molecule has 1 aliphatic rings. The zero-order valence-electron chi connectivity index (χ0n) is 8.50. The molecule has 0 radical (unpaired) electrons. The molecule has 76 valence electrons. The predicted molar refractivity (Wildman–Crippen MR) is 56.5 cm³/mol. The fourth-order valence-electron chi connectivity index (χ4n) is 1.47. The number of aromatic nitrogens is 2. The molecular formula is C9H13N3OS. The molecule has 0 bridgehead atoms. The first-order valence-electron chi connectivity index (χ1n) is 4.57. The highest BCUT2D eigenvalue weighted by Crippen LogP contribution is 2.33. The van der Waals surface area contributed by atoms with Crippen LogP contribution in [0.15, 0.2) is 5.03 Å². The SMILES string of the molecule is Cc1nn(C)c2c1NC(=O)C(C)CS2. The molecule has 0 saturated heterocycles. The minimum atomic E-state index is 0.0619. The normalized spacial score (nSPS) is 21.4. The summed E-state index contributed by atoms with van der Waals surface area (Å²) in [5.74, 6) is 0.969. The predicted octanol–water partition coefficient (Wildman–Crippen LogP) is 1.41. The monoisotopic (exact) mass is 211 g/mol. The third-order valence-corrected chi connectivity index (χ3v) is 3.74. The number of amides is 1. The Bertz CT molecular complexity index is 386. The Balaban J connectivity index is 2.44. The van der Waals surface area contributed by atoms with Crippen LogP contribution in [0.4, 0.5) is 5.69 Å². The Morgan fingerprint density at radius 2 is 2.36 bits per heavy atom. The largest absolute Gasteiger partial charge is 0.322 e. The molecular weight excluding hydrogens is 198 g/mol.